The Kier molecular flexibility index (Phi) is 4.33. The molecule has 0 radical (unpaired) electrons. The van der Waals surface area contributed by atoms with Crippen molar-refractivity contribution >= 4 is 5.91 Å². The zero-order valence-electron chi connectivity index (χ0n) is 12.9. The molecule has 1 aliphatic carbocycles. The molecule has 120 valence electrons. The van der Waals surface area contributed by atoms with Gasteiger partial charge in [-0.05, 0) is 49.4 Å². The molecule has 0 saturated heterocycles. The Morgan fingerprint density at radius 3 is 2.48 bits per heavy atom. The predicted octanol–water partition coefficient (Wildman–Crippen LogP) is 3.31. The molecule has 1 fully saturated rings. The zero-order valence-corrected chi connectivity index (χ0v) is 12.9. The molecule has 3 rings (SSSR count). The molecule has 2 aromatic rings. The van der Waals surface area contributed by atoms with Crippen molar-refractivity contribution in [2.24, 2.45) is 0 Å². The van der Waals surface area contributed by atoms with E-state index in [1.807, 2.05) is 12.1 Å². The second-order valence-electron chi connectivity index (χ2n) is 6.09. The van der Waals surface area contributed by atoms with Crippen molar-refractivity contribution in [2.45, 2.75) is 31.1 Å². The van der Waals surface area contributed by atoms with Crippen LogP contribution in [0.3, 0.4) is 0 Å². The van der Waals surface area contributed by atoms with Crippen LogP contribution in [-0.4, -0.2) is 17.6 Å². The first-order valence-corrected chi connectivity index (χ1v) is 7.93. The van der Waals surface area contributed by atoms with Gasteiger partial charge in [0.2, 0.25) is 5.91 Å². The molecule has 23 heavy (non-hydrogen) atoms. The predicted molar refractivity (Wildman–Crippen MR) is 86.7 cm³/mol. The van der Waals surface area contributed by atoms with E-state index in [-0.39, 0.29) is 17.5 Å². The topological polar surface area (TPSA) is 49.3 Å². The number of carbonyl (C=O) groups is 1. The second kappa shape index (κ2) is 6.41. The molecular formula is C19H20FNO2. The van der Waals surface area contributed by atoms with E-state index in [9.17, 15) is 14.3 Å². The molecule has 1 amide bonds. The number of rotatable bonds is 6. The number of hydrogen-bond acceptors (Lipinski definition) is 2. The Morgan fingerprint density at radius 2 is 1.83 bits per heavy atom. The molecule has 0 heterocycles. The van der Waals surface area contributed by atoms with Gasteiger partial charge < -0.3 is 10.4 Å². The van der Waals surface area contributed by atoms with Gasteiger partial charge in [-0.1, -0.05) is 30.3 Å². The van der Waals surface area contributed by atoms with Crippen LogP contribution < -0.4 is 5.32 Å². The Labute approximate surface area is 135 Å². The Bertz CT molecular complexity index is 693. The first-order chi connectivity index (χ1) is 11.1. The highest BCUT2D eigenvalue weighted by Crippen LogP contribution is 2.49. The van der Waals surface area contributed by atoms with Crippen LogP contribution in [0.25, 0.3) is 0 Å². The molecule has 0 bridgehead atoms. The van der Waals surface area contributed by atoms with E-state index in [4.69, 9.17) is 0 Å². The molecule has 2 N–H and O–H groups in total. The third kappa shape index (κ3) is 3.36. The van der Waals surface area contributed by atoms with Crippen molar-refractivity contribution in [2.75, 3.05) is 6.54 Å². The van der Waals surface area contributed by atoms with Crippen molar-refractivity contribution < 1.29 is 14.3 Å². The standard InChI is InChI=1S/C19H20FNO2/c20-17-6-2-1-5-16(17)19(11-12-19)18(23)21-13-3-4-14-7-9-15(22)10-8-14/h1-2,5-10,22H,3-4,11-13H2,(H,21,23). The molecule has 1 aliphatic rings. The summed E-state index contributed by atoms with van der Waals surface area (Å²) >= 11 is 0. The number of halogens is 1. The molecule has 0 atom stereocenters. The monoisotopic (exact) mass is 313 g/mol. The average Bonchev–Trinajstić information content (AvgIpc) is 3.35. The van der Waals surface area contributed by atoms with E-state index in [0.717, 1.165) is 18.4 Å². The summed E-state index contributed by atoms with van der Waals surface area (Å²) in [5.41, 5.74) is 0.965. The number of aromatic hydroxyl groups is 1. The summed E-state index contributed by atoms with van der Waals surface area (Å²) in [5, 5.41) is 12.2. The van der Waals surface area contributed by atoms with Crippen molar-refractivity contribution in [1.29, 1.82) is 0 Å². The fraction of sp³-hybridized carbons (Fsp3) is 0.316. The van der Waals surface area contributed by atoms with E-state index < -0.39 is 5.41 Å². The lowest BCUT2D eigenvalue weighted by molar-refractivity contribution is -0.123. The lowest BCUT2D eigenvalue weighted by atomic mass is 9.94. The summed E-state index contributed by atoms with van der Waals surface area (Å²) in [6.45, 7) is 0.565. The first kappa shape index (κ1) is 15.5. The number of phenolic OH excluding ortho intramolecular Hbond substituents is 1. The fourth-order valence-electron chi connectivity index (χ4n) is 2.92. The third-order valence-corrected chi connectivity index (χ3v) is 4.44. The quantitative estimate of drug-likeness (QED) is 0.804. The minimum Gasteiger partial charge on any atom is -0.508 e. The largest absolute Gasteiger partial charge is 0.508 e. The minimum atomic E-state index is -0.663. The minimum absolute atomic E-state index is 0.0756. The van der Waals surface area contributed by atoms with Crippen LogP contribution in [0.1, 0.15) is 30.4 Å². The van der Waals surface area contributed by atoms with Crippen LogP contribution in [0.4, 0.5) is 4.39 Å². The van der Waals surface area contributed by atoms with Crippen LogP contribution >= 0.6 is 0 Å². The van der Waals surface area contributed by atoms with Crippen LogP contribution in [0.2, 0.25) is 0 Å². The summed E-state index contributed by atoms with van der Waals surface area (Å²) in [6.07, 6.45) is 3.05. The third-order valence-electron chi connectivity index (χ3n) is 4.44. The van der Waals surface area contributed by atoms with Gasteiger partial charge in [-0.2, -0.15) is 0 Å². The van der Waals surface area contributed by atoms with Crippen molar-refractivity contribution in [3.63, 3.8) is 0 Å². The Hall–Kier alpha value is -2.36. The number of aryl methyl sites for hydroxylation is 1. The van der Waals surface area contributed by atoms with Crippen LogP contribution in [0.5, 0.6) is 5.75 Å². The number of hydrogen-bond donors (Lipinski definition) is 2. The lowest BCUT2D eigenvalue weighted by Crippen LogP contribution is -2.36. The maximum atomic E-state index is 13.9. The van der Waals surface area contributed by atoms with E-state index >= 15 is 0 Å². The smallest absolute Gasteiger partial charge is 0.230 e. The first-order valence-electron chi connectivity index (χ1n) is 7.93. The molecule has 1 saturated carbocycles. The van der Waals surface area contributed by atoms with E-state index in [2.05, 4.69) is 5.32 Å². The highest BCUT2D eigenvalue weighted by Gasteiger charge is 2.52. The number of phenols is 1. The van der Waals surface area contributed by atoms with E-state index in [1.54, 1.807) is 30.3 Å². The van der Waals surface area contributed by atoms with Gasteiger partial charge >= 0.3 is 0 Å². The average molecular weight is 313 g/mol. The van der Waals surface area contributed by atoms with Crippen LogP contribution in [0.15, 0.2) is 48.5 Å². The van der Waals surface area contributed by atoms with Gasteiger partial charge in [0.05, 0.1) is 5.41 Å². The molecule has 3 nitrogen and oxygen atoms in total. The van der Waals surface area contributed by atoms with Gasteiger partial charge in [-0.3, -0.25) is 4.79 Å². The van der Waals surface area contributed by atoms with Crippen molar-refractivity contribution in [3.05, 3.63) is 65.5 Å². The van der Waals surface area contributed by atoms with Crippen LogP contribution in [-0.2, 0) is 16.6 Å². The maximum Gasteiger partial charge on any atom is 0.230 e. The van der Waals surface area contributed by atoms with Crippen molar-refractivity contribution in [3.8, 4) is 5.75 Å². The summed E-state index contributed by atoms with van der Waals surface area (Å²) in [4.78, 5) is 12.4. The molecule has 2 aromatic carbocycles. The molecular weight excluding hydrogens is 293 g/mol. The molecule has 0 unspecified atom stereocenters. The number of amides is 1. The van der Waals surface area contributed by atoms with Gasteiger partial charge in [0, 0.05) is 12.1 Å². The van der Waals surface area contributed by atoms with Gasteiger partial charge in [-0.25, -0.2) is 4.39 Å². The van der Waals surface area contributed by atoms with Gasteiger partial charge in [-0.15, -0.1) is 0 Å². The maximum absolute atomic E-state index is 13.9. The second-order valence-corrected chi connectivity index (χ2v) is 6.09. The van der Waals surface area contributed by atoms with Gasteiger partial charge in [0.15, 0.2) is 0 Å². The SMILES string of the molecule is O=C(NCCCc1ccc(O)cc1)C1(c2ccccc2F)CC1. The summed E-state index contributed by atoms with van der Waals surface area (Å²) in [5.74, 6) is -0.125. The highest BCUT2D eigenvalue weighted by atomic mass is 19.1. The number of nitrogens with one attached hydrogen (secondary N) is 1. The summed E-state index contributed by atoms with van der Waals surface area (Å²) in [6, 6.07) is 13.6. The Morgan fingerprint density at radius 1 is 1.13 bits per heavy atom. The fourth-order valence-corrected chi connectivity index (χ4v) is 2.92. The lowest BCUT2D eigenvalue weighted by Gasteiger charge is -2.16. The van der Waals surface area contributed by atoms with E-state index in [0.29, 0.717) is 24.9 Å². The molecule has 0 spiro atoms. The molecule has 4 heteroatoms. The molecule has 0 aliphatic heterocycles. The normalized spacial score (nSPS) is 15.2. The van der Waals surface area contributed by atoms with Crippen molar-refractivity contribution in [1.82, 2.24) is 5.32 Å². The highest BCUT2D eigenvalue weighted by molar-refractivity contribution is 5.91. The Balaban J connectivity index is 1.52. The number of carbonyl (C=O) groups excluding carboxylic acids is 1. The number of benzene rings is 2. The van der Waals surface area contributed by atoms with E-state index in [1.165, 1.54) is 6.07 Å². The summed E-state index contributed by atoms with van der Waals surface area (Å²) in [7, 11) is 0. The van der Waals surface area contributed by atoms with Gasteiger partial charge in [0.1, 0.15) is 11.6 Å². The summed E-state index contributed by atoms with van der Waals surface area (Å²) < 4.78 is 13.9. The molecule has 0 aromatic heterocycles. The van der Waals surface area contributed by atoms with Crippen LogP contribution in [0, 0.1) is 5.82 Å². The zero-order chi connectivity index (χ0) is 16.3. The van der Waals surface area contributed by atoms with Gasteiger partial charge in [0.25, 0.3) is 0 Å².